The Morgan fingerprint density at radius 3 is 1.69 bits per heavy atom. The fourth-order valence-corrected chi connectivity index (χ4v) is 4.66. The number of aromatic nitrogens is 5. The Morgan fingerprint density at radius 1 is 0.719 bits per heavy atom. The van der Waals surface area contributed by atoms with Crippen molar-refractivity contribution in [2.24, 2.45) is 0 Å². The highest BCUT2D eigenvalue weighted by molar-refractivity contribution is 7.15. The first-order chi connectivity index (χ1) is 13.3. The summed E-state index contributed by atoms with van der Waals surface area (Å²) in [7, 11) is 0. The molecular formula is C18H47ClN12S. The third-order valence-corrected chi connectivity index (χ3v) is 6.48. The molecule has 4 heterocycles. The van der Waals surface area contributed by atoms with Crippen LogP contribution in [-0.2, 0) is 0 Å². The summed E-state index contributed by atoms with van der Waals surface area (Å²) in [5, 5.41) is 13.8. The van der Waals surface area contributed by atoms with Crippen molar-refractivity contribution in [1.29, 1.82) is 0 Å². The van der Waals surface area contributed by atoms with Gasteiger partial charge in [-0.3, -0.25) is 5.32 Å². The van der Waals surface area contributed by atoms with Crippen LogP contribution in [0, 0.1) is 0 Å². The Morgan fingerprint density at radius 2 is 1.22 bits per heavy atom. The Labute approximate surface area is 206 Å². The van der Waals surface area contributed by atoms with Crippen LogP contribution in [-0.4, -0.2) is 51.3 Å². The molecule has 3 fully saturated rings. The normalized spacial score (nSPS) is 17.5. The maximum atomic E-state index is 4.82. The summed E-state index contributed by atoms with van der Waals surface area (Å²) in [4.78, 5) is 18.8. The molecule has 2 aromatic heterocycles. The molecule has 1 saturated carbocycles. The molecule has 2 saturated heterocycles. The van der Waals surface area contributed by atoms with Crippen LogP contribution in [0.3, 0.4) is 0 Å². The van der Waals surface area contributed by atoms with E-state index in [-0.39, 0.29) is 42.7 Å². The molecule has 0 radical (unpaired) electrons. The van der Waals surface area contributed by atoms with Crippen molar-refractivity contribution < 1.29 is 5.71 Å². The number of hydrogen-bond donors (Lipinski definition) is 5. The number of halogens is 1. The minimum absolute atomic E-state index is 0. The third kappa shape index (κ3) is 7.05. The Bertz CT molecular complexity index is 772. The van der Waals surface area contributed by atoms with Gasteiger partial charge in [-0.15, -0.1) is 22.6 Å². The molecule has 32 heavy (non-hydrogen) atoms. The van der Waals surface area contributed by atoms with Crippen LogP contribution in [0.15, 0.2) is 0 Å². The monoisotopic (exact) mass is 498 g/mol. The van der Waals surface area contributed by atoms with Gasteiger partial charge in [-0.2, -0.15) is 15.0 Å². The number of piperidine rings is 2. The first-order valence-corrected chi connectivity index (χ1v) is 11.0. The lowest BCUT2D eigenvalue weighted by molar-refractivity contribution is 0.556. The molecule has 14 heteroatoms. The highest BCUT2D eigenvalue weighted by Gasteiger charge is 2.28. The zero-order valence-electron chi connectivity index (χ0n) is 18.8. The summed E-state index contributed by atoms with van der Waals surface area (Å²) in [6.45, 7) is 4.09. The second kappa shape index (κ2) is 13.6. The molecule has 3 aliphatic rings. The average molecular weight is 499 g/mol. The van der Waals surface area contributed by atoms with E-state index in [2.05, 4.69) is 25.3 Å². The quantitative estimate of drug-likeness (QED) is 0.350. The van der Waals surface area contributed by atoms with E-state index in [9.17, 15) is 0 Å². The fourth-order valence-electron chi connectivity index (χ4n) is 3.76. The molecule has 0 aromatic carbocycles. The molecule has 2 aromatic rings. The van der Waals surface area contributed by atoms with Crippen LogP contribution in [0.4, 0.5) is 23.0 Å². The van der Waals surface area contributed by atoms with Crippen LogP contribution in [0.1, 0.15) is 68.0 Å². The number of anilines is 4. The lowest BCUT2D eigenvalue weighted by Crippen LogP contribution is -2.34. The highest BCUT2D eigenvalue weighted by atomic mass is 35.5. The van der Waals surface area contributed by atoms with Crippen LogP contribution in [0.25, 0.3) is 0 Å². The summed E-state index contributed by atoms with van der Waals surface area (Å²) < 4.78 is 0. The summed E-state index contributed by atoms with van der Waals surface area (Å²) in [6, 6.07) is 0. The zero-order valence-corrected chi connectivity index (χ0v) is 20.5. The number of nitrogens with zero attached hydrogens (tertiary/aromatic N) is 7. The first kappa shape index (κ1) is 30.1. The maximum Gasteiger partial charge on any atom is 0.235 e. The minimum atomic E-state index is 0. The van der Waals surface area contributed by atoms with Crippen LogP contribution >= 0.6 is 23.7 Å². The van der Waals surface area contributed by atoms with Crippen molar-refractivity contribution in [1.82, 2.24) is 49.8 Å². The van der Waals surface area contributed by atoms with E-state index in [0.717, 1.165) is 48.2 Å². The van der Waals surface area contributed by atoms with Gasteiger partial charge in [0.05, 0.1) is 0 Å². The van der Waals surface area contributed by atoms with Crippen molar-refractivity contribution in [2.45, 2.75) is 57.3 Å². The van der Waals surface area contributed by atoms with E-state index in [0.29, 0.717) is 11.9 Å². The summed E-state index contributed by atoms with van der Waals surface area (Å²) in [5.74, 6) is 2.79. The third-order valence-electron chi connectivity index (χ3n) is 5.48. The van der Waals surface area contributed by atoms with Crippen LogP contribution in [0.5, 0.6) is 0 Å². The summed E-state index contributed by atoms with van der Waals surface area (Å²) in [6.07, 6.45) is 9.87. The number of rotatable bonds is 5. The molecule has 192 valence electrons. The van der Waals surface area contributed by atoms with E-state index < -0.39 is 0 Å². The Balaban J connectivity index is -0.000000356. The predicted molar refractivity (Wildman–Crippen MR) is 143 cm³/mol. The smallest absolute Gasteiger partial charge is 0.235 e. The SMILES string of the molecule is C1CCN(c2nc(Nc3nnc(C4CC4)s3)nc(N3CCCCC3)n2)CC1.Cl.N.N.N.N.[HH].[HH].[HH].[HH]. The maximum absolute atomic E-state index is 4.82. The second-order valence-corrected chi connectivity index (χ2v) is 8.71. The van der Waals surface area contributed by atoms with Gasteiger partial charge in [-0.05, 0) is 51.4 Å². The largest absolute Gasteiger partial charge is 0.344 e. The van der Waals surface area contributed by atoms with Gasteiger partial charge < -0.3 is 34.4 Å². The molecule has 1 aliphatic carbocycles. The molecule has 13 N–H and O–H groups in total. The fraction of sp³-hybridized carbons (Fsp3) is 0.722. The minimum Gasteiger partial charge on any atom is -0.344 e. The summed E-state index contributed by atoms with van der Waals surface area (Å²) >= 11 is 1.62. The molecule has 5 rings (SSSR count). The molecular weight excluding hydrogens is 452 g/mol. The zero-order chi connectivity index (χ0) is 18.1. The van der Waals surface area contributed by atoms with Gasteiger partial charge in [-0.25, -0.2) is 0 Å². The van der Waals surface area contributed by atoms with Gasteiger partial charge in [-0.1, -0.05) is 11.3 Å². The molecule has 0 spiro atoms. The van der Waals surface area contributed by atoms with Crippen molar-refractivity contribution in [3.63, 3.8) is 0 Å². The lowest BCUT2D eigenvalue weighted by atomic mass is 10.1. The molecule has 0 unspecified atom stereocenters. The van der Waals surface area contributed by atoms with Gasteiger partial charge in [0, 0.05) is 37.8 Å². The molecule has 0 bridgehead atoms. The van der Waals surface area contributed by atoms with Gasteiger partial charge in [0.25, 0.3) is 0 Å². The predicted octanol–water partition coefficient (Wildman–Crippen LogP) is 5.38. The molecule has 0 amide bonds. The van der Waals surface area contributed by atoms with E-state index >= 15 is 0 Å². The van der Waals surface area contributed by atoms with E-state index in [4.69, 9.17) is 15.0 Å². The Kier molecular flexibility index (Phi) is 12.8. The topological polar surface area (TPSA) is 223 Å². The summed E-state index contributed by atoms with van der Waals surface area (Å²) in [5.41, 5.74) is 0. The van der Waals surface area contributed by atoms with Gasteiger partial charge >= 0.3 is 0 Å². The van der Waals surface area contributed by atoms with Gasteiger partial charge in [0.15, 0.2) is 0 Å². The van der Waals surface area contributed by atoms with Gasteiger partial charge in [0.1, 0.15) is 5.01 Å². The van der Waals surface area contributed by atoms with Crippen LogP contribution < -0.4 is 39.7 Å². The number of nitrogens with one attached hydrogen (secondary N) is 1. The van der Waals surface area contributed by atoms with Crippen LogP contribution in [0.2, 0.25) is 0 Å². The van der Waals surface area contributed by atoms with Gasteiger partial charge in [0.2, 0.25) is 23.0 Å². The first-order valence-electron chi connectivity index (χ1n) is 10.2. The van der Waals surface area contributed by atoms with Crippen molar-refractivity contribution >= 4 is 46.7 Å². The lowest BCUT2D eigenvalue weighted by Gasteiger charge is -2.30. The van der Waals surface area contributed by atoms with E-state index in [1.54, 1.807) is 11.3 Å². The Hall–Kier alpha value is -1.90. The molecule has 2 aliphatic heterocycles. The highest BCUT2D eigenvalue weighted by Crippen LogP contribution is 2.42. The molecule has 0 atom stereocenters. The number of hydrogen-bond acceptors (Lipinski definition) is 13. The van der Waals surface area contributed by atoms with E-state index in [1.165, 1.54) is 51.4 Å². The average Bonchev–Trinajstić information content (AvgIpc) is 3.48. The standard InChI is InChI=1S/C18H26N8S.ClH.4H3N.4H2/c1-3-9-25(10-4-1)16-19-15(20-17(22-16)26-11-5-2-6-12-26)21-18-24-23-14(27-18)13-7-8-13;;;;;;;;;/h13H,1-12H2,(H,19,20,21,22,24);1H;4*1H3;4*1H. The van der Waals surface area contributed by atoms with Crippen molar-refractivity contribution in [2.75, 3.05) is 41.3 Å². The van der Waals surface area contributed by atoms with Crippen molar-refractivity contribution in [3.8, 4) is 0 Å². The molecule has 12 nitrogen and oxygen atoms in total. The second-order valence-electron chi connectivity index (χ2n) is 7.70. The van der Waals surface area contributed by atoms with Crippen molar-refractivity contribution in [3.05, 3.63) is 5.01 Å². The van der Waals surface area contributed by atoms with E-state index in [1.807, 2.05) is 0 Å².